The summed E-state index contributed by atoms with van der Waals surface area (Å²) in [5.41, 5.74) is 2.55. The van der Waals surface area contributed by atoms with Gasteiger partial charge in [-0.2, -0.15) is 0 Å². The first-order chi connectivity index (χ1) is 12.8. The molecule has 10 heterocycles. The monoisotopic (exact) mass is 420 g/mol. The Morgan fingerprint density at radius 2 is 1.04 bits per heavy atom. The van der Waals surface area contributed by atoms with Crippen LogP contribution in [0.5, 0.6) is 0 Å². The van der Waals surface area contributed by atoms with Gasteiger partial charge in [0.05, 0.1) is 0 Å². The third-order valence-corrected chi connectivity index (χ3v) is 65.1. The molecule has 2 N–H and O–H groups in total. The minimum atomic E-state index is -3.74. The van der Waals surface area contributed by atoms with Crippen molar-refractivity contribution in [3.05, 3.63) is 60.7 Å². The average molecular weight is 420 g/mol. The molecule has 0 saturated carbocycles. The molecule has 3 nitrogen and oxygen atoms in total. The second-order valence-corrected chi connectivity index (χ2v) is 38.7. The molecule has 10 aliphatic heterocycles. The summed E-state index contributed by atoms with van der Waals surface area (Å²) in [5, 5.41) is 0. The van der Waals surface area contributed by atoms with Gasteiger partial charge in [-0.15, -0.1) is 0 Å². The average Bonchev–Trinajstić information content (AvgIpc) is 3.62. The number of hydrogen-bond donors (Lipinski definition) is 2. The summed E-state index contributed by atoms with van der Waals surface area (Å²) >= 11 is 0. The molecule has 27 heavy (non-hydrogen) atoms. The third-order valence-electron chi connectivity index (χ3n) is 16.9. The van der Waals surface area contributed by atoms with E-state index in [0.29, 0.717) is 0 Å². The number of rotatable bonds is 2. The molecular weight excluding hydrogens is 399 g/mol. The van der Waals surface area contributed by atoms with Crippen LogP contribution in [0.2, 0.25) is 43.3 Å². The summed E-state index contributed by atoms with van der Waals surface area (Å²) in [6.45, 7) is -3.45. The van der Waals surface area contributed by atoms with Gasteiger partial charge in [0.1, 0.15) is 0 Å². The van der Waals surface area contributed by atoms with Crippen LogP contribution >= 0.6 is 7.60 Å². The van der Waals surface area contributed by atoms with Gasteiger partial charge in [-0.1, -0.05) is 60.7 Å². The van der Waals surface area contributed by atoms with Crippen LogP contribution in [0.25, 0.3) is 11.1 Å². The van der Waals surface area contributed by atoms with E-state index in [2.05, 4.69) is 48.5 Å². The van der Waals surface area contributed by atoms with Crippen molar-refractivity contribution in [2.24, 2.45) is 0 Å². The summed E-state index contributed by atoms with van der Waals surface area (Å²) in [5.74, 6) is 0. The summed E-state index contributed by atoms with van der Waals surface area (Å²) in [4.78, 5) is 28.6. The van der Waals surface area contributed by atoms with Crippen LogP contribution in [0.4, 0.5) is 0 Å². The fourth-order valence-electron chi connectivity index (χ4n) is 18.1. The molecule has 2 aromatic carbocycles. The molecule has 2 aromatic rings. The van der Waals surface area contributed by atoms with Crippen molar-refractivity contribution in [3.63, 3.8) is 0 Å². The van der Waals surface area contributed by atoms with Gasteiger partial charge in [0, 0.05) is 0 Å². The molecule has 10 aliphatic rings. The minimum Gasteiger partial charge on any atom is -0.0622 e. The van der Waals surface area contributed by atoms with E-state index >= 15 is 0 Å². The Labute approximate surface area is 147 Å². The zero-order chi connectivity index (χ0) is 17.7. The Balaban J connectivity index is 0.0000000884. The first-order valence-corrected chi connectivity index (χ1v) is 18.0. The van der Waals surface area contributed by atoms with E-state index in [1.807, 2.05) is 12.1 Å². The zero-order valence-corrected chi connectivity index (χ0v) is 16.6. The molecule has 4 unspecified atom stereocenters. The second-order valence-electron chi connectivity index (χ2n) is 12.9. The van der Waals surface area contributed by atoms with Crippen molar-refractivity contribution in [1.82, 2.24) is 0 Å². The van der Waals surface area contributed by atoms with Crippen LogP contribution in [0.3, 0.4) is 0 Å². The van der Waals surface area contributed by atoms with Crippen LogP contribution in [0.15, 0.2) is 60.7 Å². The van der Waals surface area contributed by atoms with Crippen molar-refractivity contribution in [2.45, 2.75) is 47.4 Å². The SMILES string of the molecule is O=P(O)(O)[C]12[CH]3[CH]4[CH]5[CH]1[Fe]45321678[CH]2[CH]1[CH]6[CH]7[CH]28.c1ccc(-c2ccccc2)cc1. The van der Waals surface area contributed by atoms with Crippen LogP contribution in [-0.4, -0.2) is 13.8 Å². The zero-order valence-electron chi connectivity index (χ0n) is 14.6. The van der Waals surface area contributed by atoms with Gasteiger partial charge in [-0.3, -0.25) is 0 Å². The molecule has 140 valence electrons. The largest absolute Gasteiger partial charge is 0.0622 e. The van der Waals surface area contributed by atoms with Gasteiger partial charge in [0.2, 0.25) is 0 Å². The van der Waals surface area contributed by atoms with Crippen molar-refractivity contribution in [2.75, 3.05) is 0 Å². The van der Waals surface area contributed by atoms with E-state index < -0.39 is 14.1 Å². The van der Waals surface area contributed by atoms with E-state index in [-0.39, 0.29) is 4.05 Å². The van der Waals surface area contributed by atoms with Gasteiger partial charge in [0.25, 0.3) is 0 Å². The van der Waals surface area contributed by atoms with Crippen LogP contribution < -0.4 is 0 Å². The molecule has 0 aromatic heterocycles. The van der Waals surface area contributed by atoms with E-state index in [4.69, 9.17) is 0 Å². The number of benzene rings is 2. The van der Waals surface area contributed by atoms with E-state index in [1.165, 1.54) is 11.1 Å². The van der Waals surface area contributed by atoms with Crippen molar-refractivity contribution in [1.29, 1.82) is 0 Å². The first-order valence-electron chi connectivity index (χ1n) is 10.1. The van der Waals surface area contributed by atoms with Crippen molar-refractivity contribution < 1.29 is 20.9 Å². The third kappa shape index (κ3) is 0.231. The second kappa shape index (κ2) is 1.49. The molecule has 0 radical (unpaired) electrons. The molecule has 4 atom stereocenters. The summed E-state index contributed by atoms with van der Waals surface area (Å²) in [7, 11) is -3.74. The Bertz CT molecular complexity index is 1430. The summed E-state index contributed by atoms with van der Waals surface area (Å²) in [6, 6.07) is 20.8. The molecule has 1 spiro atoms. The van der Waals surface area contributed by atoms with Gasteiger partial charge in [-0.25, -0.2) is 0 Å². The smallest absolute Gasteiger partial charge is 0.0184 e. The molecular formula is C22H21FeO3P. The van der Waals surface area contributed by atoms with Crippen LogP contribution in [0.1, 0.15) is 0 Å². The van der Waals surface area contributed by atoms with E-state index in [0.717, 1.165) is 43.3 Å². The predicted molar refractivity (Wildman–Crippen MR) is 100 cm³/mol. The van der Waals surface area contributed by atoms with Crippen molar-refractivity contribution in [3.8, 4) is 11.1 Å². The fourth-order valence-corrected chi connectivity index (χ4v) is 106. The fraction of sp³-hybridized carbons (Fsp3) is 0.455. The topological polar surface area (TPSA) is 57.5 Å². The van der Waals surface area contributed by atoms with E-state index in [9.17, 15) is 14.4 Å². The van der Waals surface area contributed by atoms with Gasteiger partial charge in [0.15, 0.2) is 0 Å². The molecule has 10 saturated heterocycles. The number of fused-ring (bicyclic) bond motifs is 10. The maximum absolute atomic E-state index is 12.1. The van der Waals surface area contributed by atoms with Gasteiger partial charge < -0.3 is 0 Å². The molecule has 0 amide bonds. The summed E-state index contributed by atoms with van der Waals surface area (Å²) < 4.78 is 11.9. The molecule has 5 heteroatoms. The standard InChI is InChI=1S/C12H10.C5H6O3P.C5H5.Fe/c1-3-7-11(8-4-1)12-9-5-2-6-10-12;6-9(7,8)5-3-1-2-4-5;1-2-4-5-3-1;/h1-10H;1-4H,(H2,6,7,8);1-5H;. The Morgan fingerprint density at radius 1 is 0.667 bits per heavy atom. The van der Waals surface area contributed by atoms with Gasteiger partial charge in [-0.05, 0) is 11.1 Å². The van der Waals surface area contributed by atoms with Gasteiger partial charge >= 0.3 is 75.9 Å². The predicted octanol–water partition coefficient (Wildman–Crippen LogP) is 5.81. The Kier molecular flexibility index (Phi) is 0.695. The van der Waals surface area contributed by atoms with E-state index in [1.54, 1.807) is 0 Å². The summed E-state index contributed by atoms with van der Waals surface area (Å²) in [6.07, 6.45) is 0. The maximum atomic E-state index is 12.1. The quantitative estimate of drug-likeness (QED) is 0.476. The van der Waals surface area contributed by atoms with Crippen molar-refractivity contribution >= 4 is 7.60 Å². The minimum absolute atomic E-state index is 0.202. The Hall–Kier alpha value is -0.891. The normalized spacial score (nSPS) is 79.1. The molecule has 10 fully saturated rings. The first kappa shape index (κ1) is 12.6. The van der Waals surface area contributed by atoms with Crippen LogP contribution in [-0.2, 0) is 11.1 Å². The number of hydrogen-bond acceptors (Lipinski definition) is 1. The van der Waals surface area contributed by atoms with Crippen LogP contribution in [0, 0.1) is 0 Å². The Morgan fingerprint density at radius 3 is 1.22 bits per heavy atom. The molecule has 0 aliphatic carbocycles. The molecule has 0 bridgehead atoms. The molecule has 12 rings (SSSR count). The maximum Gasteiger partial charge on any atom is -0.0184 e.